The van der Waals surface area contributed by atoms with E-state index in [0.717, 1.165) is 43.1 Å². The van der Waals surface area contributed by atoms with Gasteiger partial charge in [-0.3, -0.25) is 4.90 Å². The van der Waals surface area contributed by atoms with Crippen LogP contribution in [0.15, 0.2) is 84.9 Å². The average Bonchev–Trinajstić information content (AvgIpc) is 2.86. The third-order valence-electron chi connectivity index (χ3n) is 5.94. The summed E-state index contributed by atoms with van der Waals surface area (Å²) in [6, 6.07) is 28.6. The molecule has 0 saturated carbocycles. The maximum absolute atomic E-state index is 10.7. The summed E-state index contributed by atoms with van der Waals surface area (Å²) in [4.78, 5) is 4.69. The van der Waals surface area contributed by atoms with Crippen molar-refractivity contribution in [3.8, 4) is 5.75 Å². The Kier molecular flexibility index (Phi) is 7.77. The first-order chi connectivity index (χ1) is 15.7. The number of piperazine rings is 1. The molecule has 0 aromatic heterocycles. The zero-order valence-corrected chi connectivity index (χ0v) is 18.6. The standard InChI is InChI=1S/C27H32N2O3/c1-31-26-14-12-24(13-15-26)29-18-16-28(17-19-29)20-25(30)21-32-27(22-8-4-2-5-9-22)23-10-6-3-7-11-23/h2-15,25,27,30H,16-21H2,1H3/t25-/m0/s1. The second kappa shape index (κ2) is 11.1. The summed E-state index contributed by atoms with van der Waals surface area (Å²) in [5, 5.41) is 10.7. The molecule has 0 spiro atoms. The van der Waals surface area contributed by atoms with Crippen molar-refractivity contribution in [2.24, 2.45) is 0 Å². The fourth-order valence-electron chi connectivity index (χ4n) is 4.18. The first-order valence-electron chi connectivity index (χ1n) is 11.2. The van der Waals surface area contributed by atoms with E-state index >= 15 is 0 Å². The monoisotopic (exact) mass is 432 g/mol. The molecule has 1 heterocycles. The van der Waals surface area contributed by atoms with Crippen LogP contribution >= 0.6 is 0 Å². The van der Waals surface area contributed by atoms with E-state index in [1.54, 1.807) is 7.11 Å². The third kappa shape index (κ3) is 5.88. The molecule has 0 aliphatic carbocycles. The van der Waals surface area contributed by atoms with Crippen molar-refractivity contribution in [2.75, 3.05) is 51.3 Å². The van der Waals surface area contributed by atoms with Crippen LogP contribution in [0.25, 0.3) is 0 Å². The Morgan fingerprint density at radius 1 is 0.781 bits per heavy atom. The van der Waals surface area contributed by atoms with E-state index < -0.39 is 6.10 Å². The smallest absolute Gasteiger partial charge is 0.119 e. The second-order valence-corrected chi connectivity index (χ2v) is 8.17. The normalized spacial score (nSPS) is 15.7. The maximum atomic E-state index is 10.7. The van der Waals surface area contributed by atoms with Crippen molar-refractivity contribution in [1.82, 2.24) is 4.90 Å². The van der Waals surface area contributed by atoms with Crippen LogP contribution < -0.4 is 9.64 Å². The summed E-state index contributed by atoms with van der Waals surface area (Å²) in [6.07, 6.45) is -0.712. The molecule has 4 rings (SSSR count). The average molecular weight is 433 g/mol. The highest BCUT2D eigenvalue weighted by atomic mass is 16.5. The van der Waals surface area contributed by atoms with Gasteiger partial charge in [-0.25, -0.2) is 0 Å². The van der Waals surface area contributed by atoms with E-state index in [0.29, 0.717) is 13.2 Å². The molecule has 0 bridgehead atoms. The van der Waals surface area contributed by atoms with Crippen LogP contribution in [0.3, 0.4) is 0 Å². The number of nitrogens with zero attached hydrogens (tertiary/aromatic N) is 2. The minimum absolute atomic E-state index is 0.182. The van der Waals surface area contributed by atoms with Gasteiger partial charge in [0.25, 0.3) is 0 Å². The zero-order chi connectivity index (χ0) is 22.2. The Balaban J connectivity index is 1.28. The minimum Gasteiger partial charge on any atom is -0.497 e. The highest BCUT2D eigenvalue weighted by Crippen LogP contribution is 2.26. The molecule has 0 radical (unpaired) electrons. The van der Waals surface area contributed by atoms with Gasteiger partial charge in [0, 0.05) is 38.4 Å². The number of rotatable bonds is 9. The van der Waals surface area contributed by atoms with E-state index in [2.05, 4.69) is 46.2 Å². The Labute approximate surface area is 190 Å². The number of ether oxygens (including phenoxy) is 2. The zero-order valence-electron chi connectivity index (χ0n) is 18.6. The number of hydrogen-bond donors (Lipinski definition) is 1. The molecule has 1 N–H and O–H groups in total. The number of anilines is 1. The summed E-state index contributed by atoms with van der Waals surface area (Å²) < 4.78 is 11.5. The molecule has 168 valence electrons. The summed E-state index contributed by atoms with van der Waals surface area (Å²) in [6.45, 7) is 4.64. The summed E-state index contributed by atoms with van der Waals surface area (Å²) in [7, 11) is 1.69. The van der Waals surface area contributed by atoms with Gasteiger partial charge in [-0.15, -0.1) is 0 Å². The maximum Gasteiger partial charge on any atom is 0.119 e. The lowest BCUT2D eigenvalue weighted by molar-refractivity contribution is -0.00893. The van der Waals surface area contributed by atoms with Gasteiger partial charge < -0.3 is 19.5 Å². The number of methoxy groups -OCH3 is 1. The summed E-state index contributed by atoms with van der Waals surface area (Å²) >= 11 is 0. The fraction of sp³-hybridized carbons (Fsp3) is 0.333. The Morgan fingerprint density at radius 3 is 1.88 bits per heavy atom. The van der Waals surface area contributed by atoms with Gasteiger partial charge in [0.05, 0.1) is 19.8 Å². The number of aliphatic hydroxyl groups is 1. The van der Waals surface area contributed by atoms with Gasteiger partial charge in [0.1, 0.15) is 11.9 Å². The molecule has 1 aliphatic rings. The Morgan fingerprint density at radius 2 is 1.34 bits per heavy atom. The van der Waals surface area contributed by atoms with Gasteiger partial charge in [-0.1, -0.05) is 60.7 Å². The van der Waals surface area contributed by atoms with Crippen molar-refractivity contribution in [1.29, 1.82) is 0 Å². The number of aliphatic hydroxyl groups excluding tert-OH is 1. The molecule has 3 aromatic carbocycles. The lowest BCUT2D eigenvalue weighted by Crippen LogP contribution is -2.49. The van der Waals surface area contributed by atoms with E-state index in [9.17, 15) is 5.11 Å². The lowest BCUT2D eigenvalue weighted by Gasteiger charge is -2.37. The highest BCUT2D eigenvalue weighted by molar-refractivity contribution is 5.49. The molecule has 1 saturated heterocycles. The molecular weight excluding hydrogens is 400 g/mol. The molecule has 32 heavy (non-hydrogen) atoms. The largest absolute Gasteiger partial charge is 0.497 e. The SMILES string of the molecule is COc1ccc(N2CCN(C[C@H](O)COC(c3ccccc3)c3ccccc3)CC2)cc1. The van der Waals surface area contributed by atoms with Crippen molar-refractivity contribution >= 4 is 5.69 Å². The molecule has 1 fully saturated rings. The first kappa shape index (κ1) is 22.3. The van der Waals surface area contributed by atoms with E-state index in [-0.39, 0.29) is 6.10 Å². The minimum atomic E-state index is -0.530. The molecule has 1 aliphatic heterocycles. The van der Waals surface area contributed by atoms with Crippen LogP contribution in [0.5, 0.6) is 5.75 Å². The van der Waals surface area contributed by atoms with Gasteiger partial charge >= 0.3 is 0 Å². The van der Waals surface area contributed by atoms with Crippen LogP contribution in [-0.2, 0) is 4.74 Å². The van der Waals surface area contributed by atoms with Crippen LogP contribution in [-0.4, -0.2) is 62.6 Å². The van der Waals surface area contributed by atoms with E-state index in [1.807, 2.05) is 48.5 Å². The van der Waals surface area contributed by atoms with Gasteiger partial charge in [0.2, 0.25) is 0 Å². The van der Waals surface area contributed by atoms with Crippen molar-refractivity contribution < 1.29 is 14.6 Å². The van der Waals surface area contributed by atoms with Gasteiger partial charge in [-0.2, -0.15) is 0 Å². The molecule has 3 aromatic rings. The Bertz CT molecular complexity index is 887. The Hall–Kier alpha value is -2.86. The van der Waals surface area contributed by atoms with Crippen molar-refractivity contribution in [3.63, 3.8) is 0 Å². The molecule has 5 heteroatoms. The predicted octanol–water partition coefficient (Wildman–Crippen LogP) is 3.98. The van der Waals surface area contributed by atoms with Crippen LogP contribution in [0.2, 0.25) is 0 Å². The van der Waals surface area contributed by atoms with Crippen LogP contribution in [0.4, 0.5) is 5.69 Å². The molecule has 5 nitrogen and oxygen atoms in total. The summed E-state index contributed by atoms with van der Waals surface area (Å²) in [5.74, 6) is 0.875. The molecule has 1 atom stereocenters. The number of benzene rings is 3. The van der Waals surface area contributed by atoms with E-state index in [4.69, 9.17) is 9.47 Å². The quantitative estimate of drug-likeness (QED) is 0.554. The molecule has 0 unspecified atom stereocenters. The lowest BCUT2D eigenvalue weighted by atomic mass is 10.0. The summed E-state index contributed by atoms with van der Waals surface area (Å²) in [5.41, 5.74) is 3.40. The highest BCUT2D eigenvalue weighted by Gasteiger charge is 2.21. The van der Waals surface area contributed by atoms with E-state index in [1.165, 1.54) is 5.69 Å². The predicted molar refractivity (Wildman–Crippen MR) is 128 cm³/mol. The molecular formula is C27H32N2O3. The first-order valence-corrected chi connectivity index (χ1v) is 11.2. The number of β-amino-alcohol motifs (C(OH)–C–C–N with tert-alkyl or cyclic N) is 1. The topological polar surface area (TPSA) is 45.2 Å². The van der Waals surface area contributed by atoms with Gasteiger partial charge in [-0.05, 0) is 35.4 Å². The third-order valence-corrected chi connectivity index (χ3v) is 5.94. The van der Waals surface area contributed by atoms with Crippen LogP contribution in [0.1, 0.15) is 17.2 Å². The van der Waals surface area contributed by atoms with Crippen LogP contribution in [0, 0.1) is 0 Å². The second-order valence-electron chi connectivity index (χ2n) is 8.17. The van der Waals surface area contributed by atoms with Crippen molar-refractivity contribution in [2.45, 2.75) is 12.2 Å². The number of hydrogen-bond acceptors (Lipinski definition) is 5. The van der Waals surface area contributed by atoms with Gasteiger partial charge in [0.15, 0.2) is 0 Å². The molecule has 0 amide bonds. The fourth-order valence-corrected chi connectivity index (χ4v) is 4.18. The van der Waals surface area contributed by atoms with Crippen molar-refractivity contribution in [3.05, 3.63) is 96.1 Å².